The molecule has 0 saturated heterocycles. The minimum atomic E-state index is 0.210. The van der Waals surface area contributed by atoms with Crippen molar-refractivity contribution in [2.24, 2.45) is 0 Å². The van der Waals surface area contributed by atoms with E-state index in [0.29, 0.717) is 13.0 Å². The first-order valence-electron chi connectivity index (χ1n) is 8.47. The lowest BCUT2D eigenvalue weighted by molar-refractivity contribution is 0.0972. The number of ketones is 1. The number of carbonyl (C=O) groups excluding carboxylic acids is 1. The van der Waals surface area contributed by atoms with Crippen molar-refractivity contribution >= 4 is 22.4 Å². The summed E-state index contributed by atoms with van der Waals surface area (Å²) in [7, 11) is 0. The van der Waals surface area contributed by atoms with E-state index in [1.165, 1.54) is 11.1 Å². The van der Waals surface area contributed by atoms with Gasteiger partial charge in [-0.3, -0.25) is 9.78 Å². The zero-order chi connectivity index (χ0) is 16.5. The topological polar surface area (TPSA) is 42.0 Å². The van der Waals surface area contributed by atoms with E-state index in [9.17, 15) is 4.79 Å². The van der Waals surface area contributed by atoms with Gasteiger partial charge in [0.1, 0.15) is 0 Å². The summed E-state index contributed by atoms with van der Waals surface area (Å²) in [6, 6.07) is 16.4. The van der Waals surface area contributed by atoms with Crippen molar-refractivity contribution in [2.75, 3.05) is 5.32 Å². The average molecular weight is 316 g/mol. The van der Waals surface area contributed by atoms with Crippen molar-refractivity contribution < 1.29 is 4.79 Å². The molecule has 0 unspecified atom stereocenters. The van der Waals surface area contributed by atoms with Crippen LogP contribution in [0.4, 0.5) is 5.69 Å². The lowest BCUT2D eigenvalue weighted by Gasteiger charge is -2.21. The van der Waals surface area contributed by atoms with Crippen molar-refractivity contribution in [3.8, 4) is 0 Å². The van der Waals surface area contributed by atoms with Gasteiger partial charge in [0, 0.05) is 18.4 Å². The SMILES string of the molecule is Cc1ccccc1CNc1c2c(nc3ccccc13)CCCC2=O. The summed E-state index contributed by atoms with van der Waals surface area (Å²) < 4.78 is 0. The number of hydrogen-bond acceptors (Lipinski definition) is 3. The summed E-state index contributed by atoms with van der Waals surface area (Å²) in [5.41, 5.74) is 6.14. The Morgan fingerprint density at radius 2 is 1.83 bits per heavy atom. The Balaban J connectivity index is 1.82. The molecule has 1 aliphatic carbocycles. The summed E-state index contributed by atoms with van der Waals surface area (Å²) in [5.74, 6) is 0.210. The number of pyridine rings is 1. The Morgan fingerprint density at radius 3 is 2.71 bits per heavy atom. The number of aromatic nitrogens is 1. The zero-order valence-electron chi connectivity index (χ0n) is 13.8. The molecule has 0 atom stereocenters. The van der Waals surface area contributed by atoms with E-state index in [1.807, 2.05) is 30.3 Å². The summed E-state index contributed by atoms with van der Waals surface area (Å²) in [6.07, 6.45) is 2.39. The Kier molecular flexibility index (Phi) is 3.77. The van der Waals surface area contributed by atoms with E-state index in [4.69, 9.17) is 4.98 Å². The smallest absolute Gasteiger partial charge is 0.166 e. The first-order chi connectivity index (χ1) is 11.7. The Morgan fingerprint density at radius 1 is 1.04 bits per heavy atom. The molecule has 120 valence electrons. The number of rotatable bonds is 3. The number of aryl methyl sites for hydroxylation is 2. The van der Waals surface area contributed by atoms with Crippen molar-refractivity contribution in [3.05, 3.63) is 70.9 Å². The minimum absolute atomic E-state index is 0.210. The highest BCUT2D eigenvalue weighted by atomic mass is 16.1. The number of Topliss-reactive ketones (excluding diaryl/α,β-unsaturated/α-hetero) is 1. The molecule has 0 bridgehead atoms. The molecule has 0 aliphatic heterocycles. The Labute approximate surface area is 141 Å². The molecule has 3 aromatic rings. The Hall–Kier alpha value is -2.68. The van der Waals surface area contributed by atoms with Crippen molar-refractivity contribution in [2.45, 2.75) is 32.7 Å². The molecule has 4 rings (SSSR count). The third-order valence-electron chi connectivity index (χ3n) is 4.78. The van der Waals surface area contributed by atoms with E-state index in [-0.39, 0.29) is 5.78 Å². The molecule has 0 spiro atoms. The second-order valence-electron chi connectivity index (χ2n) is 6.38. The fourth-order valence-corrected chi connectivity index (χ4v) is 3.46. The molecule has 1 heterocycles. The molecule has 0 radical (unpaired) electrons. The monoisotopic (exact) mass is 316 g/mol. The maximum absolute atomic E-state index is 12.5. The predicted octanol–water partition coefficient (Wildman–Crippen LogP) is 4.67. The molecule has 0 fully saturated rings. The summed E-state index contributed by atoms with van der Waals surface area (Å²) >= 11 is 0. The highest BCUT2D eigenvalue weighted by Gasteiger charge is 2.24. The fraction of sp³-hybridized carbons (Fsp3) is 0.238. The molecule has 3 nitrogen and oxygen atoms in total. The van der Waals surface area contributed by atoms with Gasteiger partial charge in [0.05, 0.1) is 22.5 Å². The van der Waals surface area contributed by atoms with Gasteiger partial charge in [-0.25, -0.2) is 0 Å². The standard InChI is InChI=1S/C21H20N2O/c1-14-7-2-3-8-15(14)13-22-21-16-9-4-5-10-17(16)23-18-11-6-12-19(24)20(18)21/h2-5,7-10H,6,11-13H2,1H3,(H,22,23). The number of hydrogen-bond donors (Lipinski definition) is 1. The van der Waals surface area contributed by atoms with Crippen LogP contribution in [0.3, 0.4) is 0 Å². The molecular formula is C21H20N2O. The van der Waals surface area contributed by atoms with E-state index in [0.717, 1.165) is 40.7 Å². The first kappa shape index (κ1) is 14.9. The largest absolute Gasteiger partial charge is 0.380 e. The number of fused-ring (bicyclic) bond motifs is 2. The van der Waals surface area contributed by atoms with Crippen LogP contribution in [0.15, 0.2) is 48.5 Å². The minimum Gasteiger partial charge on any atom is -0.380 e. The molecule has 1 N–H and O–H groups in total. The van der Waals surface area contributed by atoms with Gasteiger partial charge in [-0.2, -0.15) is 0 Å². The van der Waals surface area contributed by atoms with E-state index >= 15 is 0 Å². The van der Waals surface area contributed by atoms with Gasteiger partial charge in [0.25, 0.3) is 0 Å². The molecule has 24 heavy (non-hydrogen) atoms. The number of benzene rings is 2. The molecule has 0 saturated carbocycles. The van der Waals surface area contributed by atoms with Gasteiger partial charge < -0.3 is 5.32 Å². The van der Waals surface area contributed by atoms with Crippen LogP contribution in [0.1, 0.15) is 40.0 Å². The third-order valence-corrected chi connectivity index (χ3v) is 4.78. The van der Waals surface area contributed by atoms with Gasteiger partial charge in [0.2, 0.25) is 0 Å². The fourth-order valence-electron chi connectivity index (χ4n) is 3.46. The molecule has 3 heteroatoms. The van der Waals surface area contributed by atoms with Crippen LogP contribution in [-0.2, 0) is 13.0 Å². The van der Waals surface area contributed by atoms with Gasteiger partial charge in [-0.05, 0) is 37.0 Å². The maximum Gasteiger partial charge on any atom is 0.166 e. The van der Waals surface area contributed by atoms with E-state index in [2.05, 4.69) is 30.4 Å². The molecule has 1 aromatic heterocycles. The lowest BCUT2D eigenvalue weighted by atomic mass is 9.91. The highest BCUT2D eigenvalue weighted by molar-refractivity contribution is 6.09. The zero-order valence-corrected chi connectivity index (χ0v) is 13.8. The lowest BCUT2D eigenvalue weighted by Crippen LogP contribution is -2.17. The molecule has 1 aliphatic rings. The number of nitrogens with one attached hydrogen (secondary N) is 1. The first-order valence-corrected chi connectivity index (χ1v) is 8.47. The van der Waals surface area contributed by atoms with Gasteiger partial charge in [-0.1, -0.05) is 42.5 Å². The normalized spacial score (nSPS) is 13.8. The predicted molar refractivity (Wildman–Crippen MR) is 97.5 cm³/mol. The number of para-hydroxylation sites is 1. The van der Waals surface area contributed by atoms with E-state index < -0.39 is 0 Å². The summed E-state index contributed by atoms with van der Waals surface area (Å²) in [5, 5.41) is 4.57. The molecule has 0 amide bonds. The maximum atomic E-state index is 12.5. The second-order valence-corrected chi connectivity index (χ2v) is 6.38. The molecule has 2 aromatic carbocycles. The van der Waals surface area contributed by atoms with Crippen LogP contribution in [0.2, 0.25) is 0 Å². The van der Waals surface area contributed by atoms with Crippen molar-refractivity contribution in [1.29, 1.82) is 0 Å². The quantitative estimate of drug-likeness (QED) is 0.763. The highest BCUT2D eigenvalue weighted by Crippen LogP contribution is 2.33. The average Bonchev–Trinajstić information content (AvgIpc) is 2.60. The van der Waals surface area contributed by atoms with Gasteiger partial charge >= 0.3 is 0 Å². The number of anilines is 1. The van der Waals surface area contributed by atoms with Crippen LogP contribution >= 0.6 is 0 Å². The third kappa shape index (κ3) is 2.56. The second kappa shape index (κ2) is 6.08. The van der Waals surface area contributed by atoms with Crippen LogP contribution in [-0.4, -0.2) is 10.8 Å². The van der Waals surface area contributed by atoms with Crippen molar-refractivity contribution in [3.63, 3.8) is 0 Å². The summed E-state index contributed by atoms with van der Waals surface area (Å²) in [6.45, 7) is 2.82. The number of nitrogens with zero attached hydrogens (tertiary/aromatic N) is 1. The van der Waals surface area contributed by atoms with Gasteiger partial charge in [-0.15, -0.1) is 0 Å². The van der Waals surface area contributed by atoms with E-state index in [1.54, 1.807) is 0 Å². The van der Waals surface area contributed by atoms with Crippen LogP contribution in [0.5, 0.6) is 0 Å². The summed E-state index contributed by atoms with van der Waals surface area (Å²) in [4.78, 5) is 17.3. The van der Waals surface area contributed by atoms with Crippen LogP contribution < -0.4 is 5.32 Å². The van der Waals surface area contributed by atoms with Crippen LogP contribution in [0, 0.1) is 6.92 Å². The van der Waals surface area contributed by atoms with Gasteiger partial charge in [0.15, 0.2) is 5.78 Å². The Bertz CT molecular complexity index is 930. The number of carbonyl (C=O) groups is 1. The molecular weight excluding hydrogens is 296 g/mol. The van der Waals surface area contributed by atoms with Crippen LogP contribution in [0.25, 0.3) is 10.9 Å². The van der Waals surface area contributed by atoms with Crippen molar-refractivity contribution in [1.82, 2.24) is 4.98 Å².